The molecule has 31 heavy (non-hydrogen) atoms. The van der Waals surface area contributed by atoms with Gasteiger partial charge in [-0.15, -0.1) is 0 Å². The second kappa shape index (κ2) is 10.2. The Kier molecular flexibility index (Phi) is 7.58. The summed E-state index contributed by atoms with van der Waals surface area (Å²) in [6.45, 7) is 0.546. The largest absolute Gasteiger partial charge is 0.465 e. The monoisotopic (exact) mass is 507 g/mol. The minimum atomic E-state index is -3.57. The van der Waals surface area contributed by atoms with E-state index in [-0.39, 0.29) is 29.8 Å². The molecule has 0 saturated carbocycles. The van der Waals surface area contributed by atoms with E-state index in [0.29, 0.717) is 24.0 Å². The highest BCUT2D eigenvalue weighted by Crippen LogP contribution is 2.25. The zero-order valence-electron chi connectivity index (χ0n) is 16.8. The number of hydrogen-bond acceptors (Lipinski definition) is 6. The molecule has 8 nitrogen and oxygen atoms in total. The van der Waals surface area contributed by atoms with Gasteiger partial charge in [0.25, 0.3) is 0 Å². The van der Waals surface area contributed by atoms with Gasteiger partial charge in [-0.25, -0.2) is 18.6 Å². The molecule has 0 aromatic heterocycles. The summed E-state index contributed by atoms with van der Waals surface area (Å²) in [5.41, 5.74) is 3.64. The molecule has 1 aliphatic rings. The lowest BCUT2D eigenvalue weighted by Gasteiger charge is -2.30. The third kappa shape index (κ3) is 5.78. The first-order chi connectivity index (χ1) is 14.8. The van der Waals surface area contributed by atoms with Crippen molar-refractivity contribution in [1.82, 2.24) is 9.73 Å². The second-order valence-corrected chi connectivity index (χ2v) is 9.83. The topological polar surface area (TPSA) is 105 Å². The molecule has 10 heteroatoms. The molecule has 1 saturated heterocycles. The van der Waals surface area contributed by atoms with E-state index in [9.17, 15) is 18.0 Å². The molecule has 0 unspecified atom stereocenters. The molecule has 1 N–H and O–H groups in total. The summed E-state index contributed by atoms with van der Waals surface area (Å²) in [5, 5.41) is 3.96. The lowest BCUT2D eigenvalue weighted by molar-refractivity contribution is -0.126. The van der Waals surface area contributed by atoms with Crippen LogP contribution in [0.1, 0.15) is 28.8 Å². The van der Waals surface area contributed by atoms with Gasteiger partial charge in [0.15, 0.2) is 0 Å². The molecular weight excluding hydrogens is 486 g/mol. The van der Waals surface area contributed by atoms with Crippen LogP contribution in [0.5, 0.6) is 0 Å². The lowest BCUT2D eigenvalue weighted by Crippen LogP contribution is -2.42. The summed E-state index contributed by atoms with van der Waals surface area (Å²) < 4.78 is 32.4. The first-order valence-corrected chi connectivity index (χ1v) is 11.8. The van der Waals surface area contributed by atoms with Crippen LogP contribution in [0.2, 0.25) is 0 Å². The van der Waals surface area contributed by atoms with Gasteiger partial charge in [0.2, 0.25) is 15.9 Å². The highest BCUT2D eigenvalue weighted by molar-refractivity contribution is 9.10. The van der Waals surface area contributed by atoms with Crippen molar-refractivity contribution in [1.29, 1.82) is 0 Å². The maximum atomic E-state index is 12.7. The third-order valence-electron chi connectivity index (χ3n) is 5.00. The van der Waals surface area contributed by atoms with E-state index in [4.69, 9.17) is 0 Å². The van der Waals surface area contributed by atoms with Crippen LogP contribution in [0.4, 0.5) is 0 Å². The number of nitrogens with zero attached hydrogens (tertiary/aromatic N) is 2. The van der Waals surface area contributed by atoms with E-state index in [0.717, 1.165) is 4.47 Å². The summed E-state index contributed by atoms with van der Waals surface area (Å²) in [6, 6.07) is 13.1. The molecule has 0 atom stereocenters. The molecule has 1 fully saturated rings. The van der Waals surface area contributed by atoms with E-state index < -0.39 is 16.0 Å². The van der Waals surface area contributed by atoms with Gasteiger partial charge in [-0.2, -0.15) is 9.41 Å². The number of benzene rings is 2. The number of sulfonamides is 1. The average molecular weight is 508 g/mol. The van der Waals surface area contributed by atoms with Gasteiger partial charge in [0.1, 0.15) is 0 Å². The first-order valence-electron chi connectivity index (χ1n) is 9.58. The number of nitrogens with one attached hydrogen (secondary N) is 1. The van der Waals surface area contributed by atoms with E-state index >= 15 is 0 Å². The fourth-order valence-electron chi connectivity index (χ4n) is 3.20. The molecule has 0 radical (unpaired) electrons. The van der Waals surface area contributed by atoms with E-state index in [1.54, 1.807) is 48.5 Å². The van der Waals surface area contributed by atoms with Crippen LogP contribution in [-0.2, 0) is 19.6 Å². The Morgan fingerprint density at radius 3 is 2.29 bits per heavy atom. The minimum absolute atomic E-state index is 0.237. The maximum absolute atomic E-state index is 12.7. The van der Waals surface area contributed by atoms with E-state index in [1.165, 1.54) is 17.6 Å². The van der Waals surface area contributed by atoms with Crippen molar-refractivity contribution < 1.29 is 22.7 Å². The van der Waals surface area contributed by atoms with Gasteiger partial charge < -0.3 is 4.74 Å². The molecule has 0 spiro atoms. The number of halogens is 1. The molecule has 1 amide bonds. The predicted molar refractivity (Wildman–Crippen MR) is 119 cm³/mol. The Morgan fingerprint density at radius 1 is 1.10 bits per heavy atom. The van der Waals surface area contributed by atoms with Crippen LogP contribution in [0.25, 0.3) is 0 Å². The molecule has 2 aromatic carbocycles. The van der Waals surface area contributed by atoms with Crippen LogP contribution in [0, 0.1) is 5.92 Å². The Morgan fingerprint density at radius 2 is 1.71 bits per heavy atom. The average Bonchev–Trinajstić information content (AvgIpc) is 2.79. The molecule has 2 aromatic rings. The molecule has 3 rings (SSSR count). The number of piperidine rings is 1. The zero-order chi connectivity index (χ0) is 22.4. The van der Waals surface area contributed by atoms with Crippen LogP contribution >= 0.6 is 15.9 Å². The minimum Gasteiger partial charge on any atom is -0.465 e. The number of hydrogen-bond donors (Lipinski definition) is 1. The maximum Gasteiger partial charge on any atom is 0.337 e. The SMILES string of the molecule is COC(=O)c1ccc(/C=N\NC(=O)C2CCN(S(=O)(=O)c3ccc(Br)cc3)CC2)cc1. The van der Waals surface area contributed by atoms with Gasteiger partial charge in [-0.1, -0.05) is 28.1 Å². The van der Waals surface area contributed by atoms with E-state index in [1.807, 2.05) is 0 Å². The smallest absolute Gasteiger partial charge is 0.337 e. The quantitative estimate of drug-likeness (QED) is 0.367. The van der Waals surface area contributed by atoms with Crippen molar-refractivity contribution in [2.75, 3.05) is 20.2 Å². The molecular formula is C21H22BrN3O5S. The molecule has 0 aliphatic carbocycles. The van der Waals surface area contributed by atoms with Gasteiger partial charge in [-0.3, -0.25) is 4.79 Å². The Bertz CT molecular complexity index is 1060. The van der Waals surface area contributed by atoms with Crippen LogP contribution in [0.15, 0.2) is 63.0 Å². The normalized spacial score (nSPS) is 15.7. The summed E-state index contributed by atoms with van der Waals surface area (Å²) in [7, 11) is -2.26. The van der Waals surface area contributed by atoms with Gasteiger partial charge in [0, 0.05) is 23.5 Å². The van der Waals surface area contributed by atoms with Crippen molar-refractivity contribution in [2.45, 2.75) is 17.7 Å². The number of ether oxygens (including phenoxy) is 1. The standard InChI is InChI=1S/C21H22BrN3O5S/c1-30-21(27)17-4-2-15(3-5-17)14-23-24-20(26)16-10-12-25(13-11-16)31(28,29)19-8-6-18(22)7-9-19/h2-9,14,16H,10-13H2,1H3,(H,24,26)/b23-14-. The molecule has 1 heterocycles. The summed E-state index contributed by atoms with van der Waals surface area (Å²) in [5.74, 6) is -0.983. The fraction of sp³-hybridized carbons (Fsp3) is 0.286. The number of hydrazone groups is 1. The Hall–Kier alpha value is -2.56. The molecule has 1 aliphatic heterocycles. The van der Waals surface area contributed by atoms with Crippen LogP contribution < -0.4 is 5.43 Å². The number of amides is 1. The van der Waals surface area contributed by atoms with E-state index in [2.05, 4.69) is 31.2 Å². The van der Waals surface area contributed by atoms with Crippen LogP contribution in [0.3, 0.4) is 0 Å². The highest BCUT2D eigenvalue weighted by atomic mass is 79.9. The number of carbonyl (C=O) groups is 2. The number of esters is 1. The van der Waals surface area contributed by atoms with Gasteiger partial charge in [0.05, 0.1) is 23.8 Å². The number of methoxy groups -OCH3 is 1. The summed E-state index contributed by atoms with van der Waals surface area (Å²) in [6.07, 6.45) is 2.32. The fourth-order valence-corrected chi connectivity index (χ4v) is 4.93. The predicted octanol–water partition coefficient (Wildman–Crippen LogP) is 2.79. The highest BCUT2D eigenvalue weighted by Gasteiger charge is 2.32. The summed E-state index contributed by atoms with van der Waals surface area (Å²) >= 11 is 3.30. The van der Waals surface area contributed by atoms with Crippen LogP contribution in [-0.4, -0.2) is 51.0 Å². The van der Waals surface area contributed by atoms with Crippen molar-refractivity contribution >= 4 is 44.0 Å². The van der Waals surface area contributed by atoms with Gasteiger partial charge in [-0.05, 0) is 54.8 Å². The zero-order valence-corrected chi connectivity index (χ0v) is 19.2. The Labute approximate surface area is 189 Å². The Balaban J connectivity index is 1.51. The molecule has 0 bridgehead atoms. The number of carbonyl (C=O) groups excluding carboxylic acids is 2. The van der Waals surface area contributed by atoms with Crippen molar-refractivity contribution in [3.63, 3.8) is 0 Å². The number of rotatable bonds is 6. The lowest BCUT2D eigenvalue weighted by atomic mass is 9.98. The first kappa shape index (κ1) is 23.1. The van der Waals surface area contributed by atoms with Gasteiger partial charge >= 0.3 is 5.97 Å². The van der Waals surface area contributed by atoms with Crippen molar-refractivity contribution in [3.8, 4) is 0 Å². The summed E-state index contributed by atoms with van der Waals surface area (Å²) in [4.78, 5) is 24.0. The third-order valence-corrected chi connectivity index (χ3v) is 7.44. The van der Waals surface area contributed by atoms with Crippen molar-refractivity contribution in [2.24, 2.45) is 11.0 Å². The molecule has 164 valence electrons. The van der Waals surface area contributed by atoms with Crippen molar-refractivity contribution in [3.05, 3.63) is 64.1 Å². The second-order valence-electron chi connectivity index (χ2n) is 6.98.